The van der Waals surface area contributed by atoms with E-state index in [1.54, 1.807) is 44.5 Å². The van der Waals surface area contributed by atoms with Gasteiger partial charge in [-0.25, -0.2) is 18.1 Å². The molecule has 3 rings (SSSR count). The summed E-state index contributed by atoms with van der Waals surface area (Å²) in [6.45, 7) is 1.73. The topological polar surface area (TPSA) is 93.1 Å². The Hall–Kier alpha value is -1.97. The van der Waals surface area contributed by atoms with Gasteiger partial charge < -0.3 is 9.88 Å². The van der Waals surface area contributed by atoms with E-state index in [0.717, 1.165) is 0 Å². The number of amides is 1. The standard InChI is InChI=1S/C15H15BrN4O3S/c1-9-3-4-11-12(24(22,23)19-9)8-20(2)14(11)15(21)18-10-5-6-17-13(16)7-10/h3-9,19H,1-2H3,(H,17,18,21)/t9-/m0/s1. The highest BCUT2D eigenvalue weighted by Gasteiger charge is 2.29. The van der Waals surface area contributed by atoms with Gasteiger partial charge in [0.15, 0.2) is 0 Å². The number of carbonyl (C=O) groups is 1. The third kappa shape index (κ3) is 3.14. The molecule has 2 aromatic rings. The van der Waals surface area contributed by atoms with Crippen LogP contribution in [0.4, 0.5) is 5.69 Å². The van der Waals surface area contributed by atoms with Crippen LogP contribution in [0.15, 0.2) is 40.1 Å². The van der Waals surface area contributed by atoms with Crippen molar-refractivity contribution in [1.29, 1.82) is 0 Å². The van der Waals surface area contributed by atoms with E-state index in [0.29, 0.717) is 15.9 Å². The molecule has 0 radical (unpaired) electrons. The first-order chi connectivity index (χ1) is 11.3. The molecule has 0 saturated carbocycles. The second-order valence-corrected chi connectivity index (χ2v) is 7.95. The summed E-state index contributed by atoms with van der Waals surface area (Å²) in [6.07, 6.45) is 6.37. The van der Waals surface area contributed by atoms with Crippen LogP contribution in [0.2, 0.25) is 0 Å². The average Bonchev–Trinajstić information content (AvgIpc) is 2.77. The average molecular weight is 411 g/mol. The zero-order valence-corrected chi connectivity index (χ0v) is 15.3. The van der Waals surface area contributed by atoms with Gasteiger partial charge in [0, 0.05) is 36.7 Å². The monoisotopic (exact) mass is 410 g/mol. The highest BCUT2D eigenvalue weighted by atomic mass is 79.9. The number of halogens is 1. The SMILES string of the molecule is C[C@H]1C=Cc2c(cn(C)c2C(=O)Nc2ccnc(Br)c2)S(=O)(=O)N1. The minimum absolute atomic E-state index is 0.0895. The lowest BCUT2D eigenvalue weighted by atomic mass is 10.2. The van der Waals surface area contributed by atoms with Crippen LogP contribution in [0.5, 0.6) is 0 Å². The van der Waals surface area contributed by atoms with Crippen LogP contribution in [0.3, 0.4) is 0 Å². The quantitative estimate of drug-likeness (QED) is 0.741. The third-order valence-corrected chi connectivity index (χ3v) is 5.59. The molecule has 7 nitrogen and oxygen atoms in total. The summed E-state index contributed by atoms with van der Waals surface area (Å²) < 4.78 is 29.4. The van der Waals surface area contributed by atoms with E-state index >= 15 is 0 Å². The number of pyridine rings is 1. The predicted molar refractivity (Wildman–Crippen MR) is 94.1 cm³/mol. The minimum Gasteiger partial charge on any atom is -0.345 e. The van der Waals surface area contributed by atoms with Gasteiger partial charge in [0.2, 0.25) is 10.0 Å². The van der Waals surface area contributed by atoms with Crippen LogP contribution in [0.25, 0.3) is 6.08 Å². The van der Waals surface area contributed by atoms with E-state index in [9.17, 15) is 13.2 Å². The molecule has 2 N–H and O–H groups in total. The van der Waals surface area contributed by atoms with Gasteiger partial charge in [-0.05, 0) is 35.0 Å². The largest absolute Gasteiger partial charge is 0.345 e. The van der Waals surface area contributed by atoms with Crippen molar-refractivity contribution in [2.24, 2.45) is 7.05 Å². The zero-order chi connectivity index (χ0) is 17.5. The lowest BCUT2D eigenvalue weighted by molar-refractivity contribution is 0.101. The molecule has 126 valence electrons. The van der Waals surface area contributed by atoms with Crippen LogP contribution in [-0.4, -0.2) is 29.9 Å². The molecule has 1 aliphatic heterocycles. The summed E-state index contributed by atoms with van der Waals surface area (Å²) in [6, 6.07) is 2.97. The van der Waals surface area contributed by atoms with Crippen molar-refractivity contribution in [3.05, 3.63) is 46.5 Å². The summed E-state index contributed by atoms with van der Waals surface area (Å²) in [4.78, 5) is 16.8. The van der Waals surface area contributed by atoms with Gasteiger partial charge in [0.1, 0.15) is 15.2 Å². The maximum absolute atomic E-state index is 12.7. The van der Waals surface area contributed by atoms with E-state index in [2.05, 4.69) is 31.0 Å². The second-order valence-electron chi connectivity index (χ2n) is 5.46. The molecule has 0 aromatic carbocycles. The first kappa shape index (κ1) is 16.9. The van der Waals surface area contributed by atoms with Crippen LogP contribution < -0.4 is 10.0 Å². The van der Waals surface area contributed by atoms with Crippen molar-refractivity contribution in [2.75, 3.05) is 5.32 Å². The van der Waals surface area contributed by atoms with Crippen LogP contribution in [0.1, 0.15) is 23.0 Å². The Kier molecular flexibility index (Phi) is 4.33. The van der Waals surface area contributed by atoms with Gasteiger partial charge in [-0.3, -0.25) is 4.79 Å². The summed E-state index contributed by atoms with van der Waals surface area (Å²) >= 11 is 3.24. The number of carbonyl (C=O) groups excluding carboxylic acids is 1. The maximum Gasteiger partial charge on any atom is 0.272 e. The summed E-state index contributed by atoms with van der Waals surface area (Å²) in [5, 5.41) is 2.76. The number of fused-ring (bicyclic) bond motifs is 1. The number of sulfonamides is 1. The lowest BCUT2D eigenvalue weighted by Gasteiger charge is -2.07. The van der Waals surface area contributed by atoms with E-state index in [1.807, 2.05) is 0 Å². The minimum atomic E-state index is -3.67. The van der Waals surface area contributed by atoms with E-state index in [1.165, 1.54) is 10.8 Å². The van der Waals surface area contributed by atoms with E-state index in [-0.39, 0.29) is 16.6 Å². The molecule has 9 heteroatoms. The molecule has 0 unspecified atom stereocenters. The molecular formula is C15H15BrN4O3S. The number of rotatable bonds is 2. The van der Waals surface area contributed by atoms with Crippen molar-refractivity contribution >= 4 is 43.6 Å². The summed E-state index contributed by atoms with van der Waals surface area (Å²) in [5.41, 5.74) is 1.21. The van der Waals surface area contributed by atoms with Crippen molar-refractivity contribution in [3.8, 4) is 0 Å². The number of hydrogen-bond acceptors (Lipinski definition) is 4. The fraction of sp³-hybridized carbons (Fsp3) is 0.200. The molecule has 1 aliphatic rings. The Morgan fingerprint density at radius 2 is 2.21 bits per heavy atom. The molecule has 1 atom stereocenters. The molecule has 2 aromatic heterocycles. The van der Waals surface area contributed by atoms with E-state index in [4.69, 9.17) is 0 Å². The number of aromatic nitrogens is 2. The van der Waals surface area contributed by atoms with Gasteiger partial charge >= 0.3 is 0 Å². The van der Waals surface area contributed by atoms with Crippen molar-refractivity contribution < 1.29 is 13.2 Å². The number of nitrogens with one attached hydrogen (secondary N) is 2. The number of nitrogens with zero attached hydrogens (tertiary/aromatic N) is 2. The molecular weight excluding hydrogens is 396 g/mol. The predicted octanol–water partition coefficient (Wildman–Crippen LogP) is 2.13. The number of hydrogen-bond donors (Lipinski definition) is 2. The summed E-state index contributed by atoms with van der Waals surface area (Å²) in [5.74, 6) is -0.397. The maximum atomic E-state index is 12.7. The molecule has 0 spiro atoms. The van der Waals surface area contributed by atoms with Crippen LogP contribution in [0, 0.1) is 0 Å². The Balaban J connectivity index is 2.05. The molecule has 0 saturated heterocycles. The highest BCUT2D eigenvalue weighted by Crippen LogP contribution is 2.27. The fourth-order valence-electron chi connectivity index (χ4n) is 2.53. The third-order valence-electron chi connectivity index (χ3n) is 3.57. The molecule has 1 amide bonds. The van der Waals surface area contributed by atoms with Gasteiger partial charge in [0.05, 0.1) is 0 Å². The van der Waals surface area contributed by atoms with Gasteiger partial charge in [-0.15, -0.1) is 0 Å². The smallest absolute Gasteiger partial charge is 0.272 e. The van der Waals surface area contributed by atoms with Crippen molar-refractivity contribution in [2.45, 2.75) is 17.9 Å². The van der Waals surface area contributed by atoms with Gasteiger partial charge in [-0.1, -0.05) is 12.2 Å². The Bertz CT molecular complexity index is 950. The second kappa shape index (κ2) is 6.15. The summed E-state index contributed by atoms with van der Waals surface area (Å²) in [7, 11) is -2.04. The lowest BCUT2D eigenvalue weighted by Crippen LogP contribution is -2.30. The number of anilines is 1. The molecule has 24 heavy (non-hydrogen) atoms. The van der Waals surface area contributed by atoms with E-state index < -0.39 is 15.9 Å². The number of aryl methyl sites for hydroxylation is 1. The molecule has 0 aliphatic carbocycles. The van der Waals surface area contributed by atoms with Crippen molar-refractivity contribution in [1.82, 2.24) is 14.3 Å². The molecule has 0 bridgehead atoms. The Morgan fingerprint density at radius 3 is 2.92 bits per heavy atom. The normalized spacial score (nSPS) is 18.7. The van der Waals surface area contributed by atoms with Gasteiger partial charge in [0.25, 0.3) is 5.91 Å². The van der Waals surface area contributed by atoms with Gasteiger partial charge in [-0.2, -0.15) is 0 Å². The van der Waals surface area contributed by atoms with Crippen LogP contribution in [-0.2, 0) is 17.1 Å². The first-order valence-corrected chi connectivity index (χ1v) is 9.38. The zero-order valence-electron chi connectivity index (χ0n) is 12.9. The Labute approximate surface area is 148 Å². The molecule has 3 heterocycles. The highest BCUT2D eigenvalue weighted by molar-refractivity contribution is 9.10. The fourth-order valence-corrected chi connectivity index (χ4v) is 4.34. The molecule has 0 fully saturated rings. The van der Waals surface area contributed by atoms with Crippen molar-refractivity contribution in [3.63, 3.8) is 0 Å². The Morgan fingerprint density at radius 1 is 1.46 bits per heavy atom. The first-order valence-electron chi connectivity index (χ1n) is 7.10. The van der Waals surface area contributed by atoms with Crippen LogP contribution >= 0.6 is 15.9 Å².